The molecule has 0 spiro atoms. The Bertz CT molecular complexity index is 1200. The molecule has 0 saturated heterocycles. The SMILES string of the molecule is CN(Cc1ccc(F)c(F)c1)Cc1nnc(SCc2ccncc2)n1-c1cccc(Cl)c1. The minimum Gasteiger partial charge on any atom is -0.295 e. The summed E-state index contributed by atoms with van der Waals surface area (Å²) in [6.45, 7) is 0.882. The third-order valence-electron chi connectivity index (χ3n) is 4.73. The summed E-state index contributed by atoms with van der Waals surface area (Å²) in [5, 5.41) is 10.2. The second-order valence-corrected chi connectivity index (χ2v) is 8.66. The average molecular weight is 472 g/mol. The van der Waals surface area contributed by atoms with E-state index >= 15 is 0 Å². The smallest absolute Gasteiger partial charge is 0.196 e. The molecule has 2 heterocycles. The van der Waals surface area contributed by atoms with E-state index in [1.54, 1.807) is 30.2 Å². The fraction of sp³-hybridized carbons (Fsp3) is 0.174. The Kier molecular flexibility index (Phi) is 7.14. The zero-order chi connectivity index (χ0) is 22.5. The number of nitrogens with zero attached hydrogens (tertiary/aromatic N) is 5. The van der Waals surface area contributed by atoms with Gasteiger partial charge in [0.2, 0.25) is 0 Å². The van der Waals surface area contributed by atoms with Crippen LogP contribution in [0.15, 0.2) is 72.1 Å². The van der Waals surface area contributed by atoms with Crippen molar-refractivity contribution in [2.75, 3.05) is 7.05 Å². The van der Waals surface area contributed by atoms with Crippen molar-refractivity contribution in [3.63, 3.8) is 0 Å². The first-order valence-electron chi connectivity index (χ1n) is 9.84. The van der Waals surface area contributed by atoms with Gasteiger partial charge in [-0.2, -0.15) is 0 Å². The maximum atomic E-state index is 13.6. The molecule has 2 aromatic carbocycles. The van der Waals surface area contributed by atoms with Gasteiger partial charge in [-0.3, -0.25) is 14.5 Å². The molecule has 4 aromatic rings. The van der Waals surface area contributed by atoms with Crippen LogP contribution < -0.4 is 0 Å². The molecule has 0 N–H and O–H groups in total. The fourth-order valence-corrected chi connectivity index (χ4v) is 4.36. The van der Waals surface area contributed by atoms with Gasteiger partial charge in [0.15, 0.2) is 22.6 Å². The molecule has 0 unspecified atom stereocenters. The summed E-state index contributed by atoms with van der Waals surface area (Å²) >= 11 is 7.80. The van der Waals surface area contributed by atoms with Crippen molar-refractivity contribution in [2.24, 2.45) is 0 Å². The van der Waals surface area contributed by atoms with E-state index in [-0.39, 0.29) is 0 Å². The predicted octanol–water partition coefficient (Wildman–Crippen LogP) is 5.52. The quantitative estimate of drug-likeness (QED) is 0.317. The maximum Gasteiger partial charge on any atom is 0.196 e. The van der Waals surface area contributed by atoms with E-state index < -0.39 is 11.6 Å². The maximum absolute atomic E-state index is 13.6. The molecule has 0 atom stereocenters. The molecule has 0 fully saturated rings. The first kappa shape index (κ1) is 22.4. The van der Waals surface area contributed by atoms with E-state index in [0.717, 1.165) is 28.3 Å². The van der Waals surface area contributed by atoms with Gasteiger partial charge in [-0.15, -0.1) is 10.2 Å². The zero-order valence-corrected chi connectivity index (χ0v) is 18.8. The molecule has 2 aromatic heterocycles. The summed E-state index contributed by atoms with van der Waals surface area (Å²) in [6, 6.07) is 15.4. The molecule has 0 saturated carbocycles. The molecular formula is C23H20ClF2N5S. The highest BCUT2D eigenvalue weighted by Gasteiger charge is 2.17. The summed E-state index contributed by atoms with van der Waals surface area (Å²) in [5.41, 5.74) is 2.66. The number of hydrogen-bond acceptors (Lipinski definition) is 5. The monoisotopic (exact) mass is 471 g/mol. The van der Waals surface area contributed by atoms with Crippen LogP contribution in [0, 0.1) is 11.6 Å². The van der Waals surface area contributed by atoms with Crippen molar-refractivity contribution >= 4 is 23.4 Å². The van der Waals surface area contributed by atoms with Gasteiger partial charge in [0.05, 0.1) is 12.2 Å². The van der Waals surface area contributed by atoms with Gasteiger partial charge in [-0.1, -0.05) is 35.5 Å². The first-order valence-corrected chi connectivity index (χ1v) is 11.2. The van der Waals surface area contributed by atoms with E-state index in [4.69, 9.17) is 11.6 Å². The van der Waals surface area contributed by atoms with Gasteiger partial charge in [0, 0.05) is 29.7 Å². The molecule has 0 amide bonds. The van der Waals surface area contributed by atoms with Gasteiger partial charge >= 0.3 is 0 Å². The summed E-state index contributed by atoms with van der Waals surface area (Å²) in [6.07, 6.45) is 3.52. The van der Waals surface area contributed by atoms with Gasteiger partial charge < -0.3 is 0 Å². The Morgan fingerprint density at radius 3 is 2.50 bits per heavy atom. The van der Waals surface area contributed by atoms with Crippen molar-refractivity contribution < 1.29 is 8.78 Å². The lowest BCUT2D eigenvalue weighted by Crippen LogP contribution is -2.20. The van der Waals surface area contributed by atoms with Crippen LogP contribution in [0.1, 0.15) is 17.0 Å². The van der Waals surface area contributed by atoms with Crippen molar-refractivity contribution in [1.82, 2.24) is 24.6 Å². The Balaban J connectivity index is 1.57. The highest BCUT2D eigenvalue weighted by atomic mass is 35.5. The Morgan fingerprint density at radius 2 is 1.75 bits per heavy atom. The van der Waals surface area contributed by atoms with Crippen LogP contribution in [0.4, 0.5) is 8.78 Å². The lowest BCUT2D eigenvalue weighted by atomic mass is 10.2. The average Bonchev–Trinajstić information content (AvgIpc) is 3.17. The zero-order valence-electron chi connectivity index (χ0n) is 17.3. The number of hydrogen-bond donors (Lipinski definition) is 0. The highest BCUT2D eigenvalue weighted by Crippen LogP contribution is 2.27. The Morgan fingerprint density at radius 1 is 0.938 bits per heavy atom. The van der Waals surface area contributed by atoms with E-state index in [9.17, 15) is 8.78 Å². The molecule has 4 rings (SSSR count). The minimum absolute atomic E-state index is 0.430. The van der Waals surface area contributed by atoms with Crippen molar-refractivity contribution in [1.29, 1.82) is 0 Å². The van der Waals surface area contributed by atoms with E-state index in [1.165, 1.54) is 6.07 Å². The normalized spacial score (nSPS) is 11.3. The molecule has 0 aliphatic rings. The molecule has 0 bridgehead atoms. The largest absolute Gasteiger partial charge is 0.295 e. The lowest BCUT2D eigenvalue weighted by Gasteiger charge is -2.18. The molecule has 0 radical (unpaired) electrons. The predicted molar refractivity (Wildman–Crippen MR) is 122 cm³/mol. The minimum atomic E-state index is -0.854. The summed E-state index contributed by atoms with van der Waals surface area (Å²) in [5.74, 6) is -0.276. The molecule has 0 aliphatic heterocycles. The Hall–Kier alpha value is -2.81. The number of halogens is 3. The van der Waals surface area contributed by atoms with Crippen LogP contribution in [-0.4, -0.2) is 31.7 Å². The molecule has 0 aliphatic carbocycles. The summed E-state index contributed by atoms with van der Waals surface area (Å²) in [4.78, 5) is 6.02. The Labute approximate surface area is 194 Å². The topological polar surface area (TPSA) is 46.8 Å². The number of pyridine rings is 1. The van der Waals surface area contributed by atoms with E-state index in [0.29, 0.717) is 29.4 Å². The van der Waals surface area contributed by atoms with Crippen LogP contribution in [-0.2, 0) is 18.8 Å². The van der Waals surface area contributed by atoms with Gasteiger partial charge in [-0.05, 0) is 60.6 Å². The molecule has 9 heteroatoms. The van der Waals surface area contributed by atoms with Gasteiger partial charge in [0.25, 0.3) is 0 Å². The molecule has 5 nitrogen and oxygen atoms in total. The third kappa shape index (κ3) is 5.51. The van der Waals surface area contributed by atoms with Crippen LogP contribution in [0.3, 0.4) is 0 Å². The standard InChI is InChI=1S/C23H20ClF2N5S/c1-30(13-17-5-6-20(25)21(26)11-17)14-22-28-29-23(32-15-16-7-9-27-10-8-16)31(22)19-4-2-3-18(24)12-19/h2-12H,13-15H2,1H3. The van der Waals surface area contributed by atoms with Crippen LogP contribution in [0.2, 0.25) is 5.02 Å². The van der Waals surface area contributed by atoms with Crippen molar-refractivity contribution in [3.8, 4) is 5.69 Å². The first-order chi connectivity index (χ1) is 15.5. The van der Waals surface area contributed by atoms with E-state index in [1.807, 2.05) is 52.9 Å². The lowest BCUT2D eigenvalue weighted by molar-refractivity contribution is 0.307. The summed E-state index contributed by atoms with van der Waals surface area (Å²) in [7, 11) is 1.89. The number of thioether (sulfide) groups is 1. The second kappa shape index (κ2) is 10.2. The number of rotatable bonds is 8. The molecular weight excluding hydrogens is 452 g/mol. The van der Waals surface area contributed by atoms with Gasteiger partial charge in [-0.25, -0.2) is 8.78 Å². The van der Waals surface area contributed by atoms with E-state index in [2.05, 4.69) is 15.2 Å². The summed E-state index contributed by atoms with van der Waals surface area (Å²) < 4.78 is 28.8. The van der Waals surface area contributed by atoms with Crippen LogP contribution in [0.5, 0.6) is 0 Å². The second-order valence-electron chi connectivity index (χ2n) is 7.28. The molecule has 164 valence electrons. The van der Waals surface area contributed by atoms with Crippen LogP contribution in [0.25, 0.3) is 5.69 Å². The van der Waals surface area contributed by atoms with Gasteiger partial charge in [0.1, 0.15) is 0 Å². The number of benzene rings is 2. The highest BCUT2D eigenvalue weighted by molar-refractivity contribution is 7.98. The van der Waals surface area contributed by atoms with Crippen molar-refractivity contribution in [3.05, 3.63) is 101 Å². The number of aromatic nitrogens is 4. The van der Waals surface area contributed by atoms with Crippen LogP contribution >= 0.6 is 23.4 Å². The van der Waals surface area contributed by atoms with Crippen molar-refractivity contribution in [2.45, 2.75) is 24.0 Å². The third-order valence-corrected chi connectivity index (χ3v) is 5.97. The fourth-order valence-electron chi connectivity index (χ4n) is 3.24. The molecule has 32 heavy (non-hydrogen) atoms.